The zero-order valence-electron chi connectivity index (χ0n) is 6.89. The summed E-state index contributed by atoms with van der Waals surface area (Å²) in [6.45, 7) is 1.08. The maximum Gasteiger partial charge on any atom is 0.0611 e. The van der Waals surface area contributed by atoms with Crippen molar-refractivity contribution >= 4 is 0 Å². The number of methoxy groups -OCH3 is 1. The zero-order valence-corrected chi connectivity index (χ0v) is 6.89. The van der Waals surface area contributed by atoms with Crippen molar-refractivity contribution in [3.8, 4) is 0 Å². The molecule has 1 aliphatic carbocycles. The summed E-state index contributed by atoms with van der Waals surface area (Å²) in [6, 6.07) is 0. The van der Waals surface area contributed by atoms with Crippen molar-refractivity contribution in [2.24, 2.45) is 5.92 Å². The largest absolute Gasteiger partial charge is 0.381 e. The molecule has 2 heteroatoms. The summed E-state index contributed by atoms with van der Waals surface area (Å²) in [6.07, 6.45) is 4.44. The van der Waals surface area contributed by atoms with Gasteiger partial charge in [-0.1, -0.05) is 0 Å². The molecule has 0 spiro atoms. The molecule has 0 radical (unpaired) electrons. The summed E-state index contributed by atoms with van der Waals surface area (Å²) in [5.41, 5.74) is 0. The van der Waals surface area contributed by atoms with Crippen molar-refractivity contribution in [1.82, 2.24) is 5.32 Å². The standard InChI is InChI=1S/C8H17NO/c1-9-6-5-8(10-2)7-3-4-7/h7-9H,3-6H2,1-2H3. The molecular formula is C8H17NO. The molecule has 1 saturated carbocycles. The Kier molecular flexibility index (Phi) is 3.16. The van der Waals surface area contributed by atoms with E-state index in [0.717, 1.165) is 18.9 Å². The summed E-state index contributed by atoms with van der Waals surface area (Å²) in [5, 5.41) is 3.14. The topological polar surface area (TPSA) is 21.3 Å². The van der Waals surface area contributed by atoms with E-state index in [2.05, 4.69) is 5.32 Å². The van der Waals surface area contributed by atoms with Crippen LogP contribution < -0.4 is 5.32 Å². The summed E-state index contributed by atoms with van der Waals surface area (Å²) < 4.78 is 5.34. The fraction of sp³-hybridized carbons (Fsp3) is 1.00. The molecular weight excluding hydrogens is 126 g/mol. The third-order valence-corrected chi connectivity index (χ3v) is 2.13. The van der Waals surface area contributed by atoms with Gasteiger partial charge in [-0.15, -0.1) is 0 Å². The Morgan fingerprint density at radius 1 is 1.60 bits per heavy atom. The molecule has 0 aromatic rings. The molecule has 60 valence electrons. The molecule has 0 aromatic carbocycles. The first kappa shape index (κ1) is 8.02. The number of nitrogens with one attached hydrogen (secondary N) is 1. The van der Waals surface area contributed by atoms with Gasteiger partial charge >= 0.3 is 0 Å². The number of hydrogen-bond donors (Lipinski definition) is 1. The van der Waals surface area contributed by atoms with Gasteiger partial charge in [0.1, 0.15) is 0 Å². The van der Waals surface area contributed by atoms with Crippen LogP contribution in [0, 0.1) is 5.92 Å². The van der Waals surface area contributed by atoms with Gasteiger partial charge in [0.05, 0.1) is 6.10 Å². The normalized spacial score (nSPS) is 21.0. The Labute approximate surface area is 63.0 Å². The highest BCUT2D eigenvalue weighted by Gasteiger charge is 2.30. The number of hydrogen-bond acceptors (Lipinski definition) is 2. The van der Waals surface area contributed by atoms with Gasteiger partial charge in [-0.3, -0.25) is 0 Å². The maximum absolute atomic E-state index is 5.34. The SMILES string of the molecule is CNCCC(OC)C1CC1. The quantitative estimate of drug-likeness (QED) is 0.620. The summed E-state index contributed by atoms with van der Waals surface area (Å²) in [4.78, 5) is 0. The predicted molar refractivity (Wildman–Crippen MR) is 42.1 cm³/mol. The van der Waals surface area contributed by atoms with Crippen LogP contribution in [0.3, 0.4) is 0 Å². The number of rotatable bonds is 5. The van der Waals surface area contributed by atoms with E-state index in [9.17, 15) is 0 Å². The van der Waals surface area contributed by atoms with Gasteiger partial charge in [0.25, 0.3) is 0 Å². The lowest BCUT2D eigenvalue weighted by Gasteiger charge is -2.12. The molecule has 1 aliphatic rings. The third kappa shape index (κ3) is 2.27. The molecule has 2 nitrogen and oxygen atoms in total. The van der Waals surface area contributed by atoms with Crippen LogP contribution in [0.2, 0.25) is 0 Å². The van der Waals surface area contributed by atoms with Crippen LogP contribution in [0.5, 0.6) is 0 Å². The third-order valence-electron chi connectivity index (χ3n) is 2.13. The van der Waals surface area contributed by atoms with Crippen molar-refractivity contribution in [1.29, 1.82) is 0 Å². The van der Waals surface area contributed by atoms with Crippen LogP contribution in [0.4, 0.5) is 0 Å². The van der Waals surface area contributed by atoms with Crippen molar-refractivity contribution < 1.29 is 4.74 Å². The Morgan fingerprint density at radius 3 is 2.70 bits per heavy atom. The highest BCUT2D eigenvalue weighted by molar-refractivity contribution is 4.81. The first-order valence-electron chi connectivity index (χ1n) is 4.06. The van der Waals surface area contributed by atoms with Crippen LogP contribution in [-0.4, -0.2) is 26.8 Å². The van der Waals surface area contributed by atoms with Gasteiger partial charge in [0.15, 0.2) is 0 Å². The first-order chi connectivity index (χ1) is 4.88. The van der Waals surface area contributed by atoms with Crippen LogP contribution in [0.15, 0.2) is 0 Å². The van der Waals surface area contributed by atoms with E-state index in [1.807, 2.05) is 14.2 Å². The molecule has 0 amide bonds. The predicted octanol–water partition coefficient (Wildman–Crippen LogP) is 1.02. The summed E-state index contributed by atoms with van der Waals surface area (Å²) >= 11 is 0. The van der Waals surface area contributed by atoms with E-state index in [-0.39, 0.29) is 0 Å². The second-order valence-electron chi connectivity index (χ2n) is 3.00. The second kappa shape index (κ2) is 3.94. The molecule has 1 unspecified atom stereocenters. The van der Waals surface area contributed by atoms with E-state index in [4.69, 9.17) is 4.74 Å². The van der Waals surface area contributed by atoms with Crippen LogP contribution in [-0.2, 0) is 4.74 Å². The van der Waals surface area contributed by atoms with E-state index in [1.54, 1.807) is 0 Å². The second-order valence-corrected chi connectivity index (χ2v) is 3.00. The minimum absolute atomic E-state index is 0.521. The molecule has 0 heterocycles. The minimum atomic E-state index is 0.521. The van der Waals surface area contributed by atoms with Gasteiger partial charge in [-0.05, 0) is 38.8 Å². The van der Waals surface area contributed by atoms with Crippen molar-refractivity contribution in [3.05, 3.63) is 0 Å². The molecule has 10 heavy (non-hydrogen) atoms. The highest BCUT2D eigenvalue weighted by Crippen LogP contribution is 2.35. The van der Waals surface area contributed by atoms with Crippen LogP contribution in [0.1, 0.15) is 19.3 Å². The Balaban J connectivity index is 2.07. The summed E-state index contributed by atoms with van der Waals surface area (Å²) in [5.74, 6) is 0.873. The highest BCUT2D eigenvalue weighted by atomic mass is 16.5. The molecule has 0 aliphatic heterocycles. The van der Waals surface area contributed by atoms with E-state index < -0.39 is 0 Å². The van der Waals surface area contributed by atoms with Crippen LogP contribution >= 0.6 is 0 Å². The van der Waals surface area contributed by atoms with Crippen molar-refractivity contribution in [2.45, 2.75) is 25.4 Å². The summed E-state index contributed by atoms with van der Waals surface area (Å²) in [7, 11) is 3.80. The molecule has 0 aromatic heterocycles. The number of ether oxygens (including phenoxy) is 1. The molecule has 0 bridgehead atoms. The fourth-order valence-electron chi connectivity index (χ4n) is 1.30. The Bertz CT molecular complexity index is 91.3. The molecule has 1 rings (SSSR count). The first-order valence-corrected chi connectivity index (χ1v) is 4.06. The van der Waals surface area contributed by atoms with Gasteiger partial charge in [0.2, 0.25) is 0 Å². The average Bonchev–Trinajstić information content (AvgIpc) is 2.73. The van der Waals surface area contributed by atoms with E-state index in [1.165, 1.54) is 12.8 Å². The minimum Gasteiger partial charge on any atom is -0.381 e. The maximum atomic E-state index is 5.34. The van der Waals surface area contributed by atoms with Gasteiger partial charge in [-0.2, -0.15) is 0 Å². The lowest BCUT2D eigenvalue weighted by atomic mass is 10.1. The lowest BCUT2D eigenvalue weighted by molar-refractivity contribution is 0.0778. The Morgan fingerprint density at radius 2 is 2.30 bits per heavy atom. The zero-order chi connectivity index (χ0) is 7.40. The molecule has 1 atom stereocenters. The van der Waals surface area contributed by atoms with Gasteiger partial charge in [-0.25, -0.2) is 0 Å². The molecule has 1 N–H and O–H groups in total. The average molecular weight is 143 g/mol. The molecule has 0 saturated heterocycles. The smallest absolute Gasteiger partial charge is 0.0611 e. The monoisotopic (exact) mass is 143 g/mol. The van der Waals surface area contributed by atoms with Gasteiger partial charge < -0.3 is 10.1 Å². The Hall–Kier alpha value is -0.0800. The van der Waals surface area contributed by atoms with E-state index >= 15 is 0 Å². The van der Waals surface area contributed by atoms with Crippen molar-refractivity contribution in [2.75, 3.05) is 20.7 Å². The fourth-order valence-corrected chi connectivity index (χ4v) is 1.30. The van der Waals surface area contributed by atoms with Gasteiger partial charge in [0, 0.05) is 7.11 Å². The molecule has 1 fully saturated rings. The lowest BCUT2D eigenvalue weighted by Crippen LogP contribution is -2.20. The van der Waals surface area contributed by atoms with Crippen molar-refractivity contribution in [3.63, 3.8) is 0 Å². The van der Waals surface area contributed by atoms with E-state index in [0.29, 0.717) is 6.10 Å². The van der Waals surface area contributed by atoms with Crippen LogP contribution in [0.25, 0.3) is 0 Å².